The number of hydrogen-bond acceptors (Lipinski definition) is 4. The lowest BCUT2D eigenvalue weighted by Gasteiger charge is -2.30. The number of hydrogen-bond donors (Lipinski definition) is 1. The van der Waals surface area contributed by atoms with Gasteiger partial charge in [0.15, 0.2) is 5.82 Å². The smallest absolute Gasteiger partial charge is 0.162 e. The van der Waals surface area contributed by atoms with Crippen molar-refractivity contribution in [2.45, 2.75) is 65.9 Å². The summed E-state index contributed by atoms with van der Waals surface area (Å²) in [5.74, 6) is 1.74. The van der Waals surface area contributed by atoms with Gasteiger partial charge >= 0.3 is 0 Å². The Morgan fingerprint density at radius 3 is 2.30 bits per heavy atom. The Balaban J connectivity index is 3.18. The van der Waals surface area contributed by atoms with E-state index in [0.29, 0.717) is 6.61 Å². The van der Waals surface area contributed by atoms with E-state index in [0.717, 1.165) is 49.6 Å². The summed E-state index contributed by atoms with van der Waals surface area (Å²) in [5, 5.41) is 3.37. The van der Waals surface area contributed by atoms with Crippen molar-refractivity contribution in [2.75, 3.05) is 18.5 Å². The molecule has 0 fully saturated rings. The first-order chi connectivity index (χ1) is 9.65. The maximum Gasteiger partial charge on any atom is 0.162 e. The highest BCUT2D eigenvalue weighted by Gasteiger charge is 2.32. The van der Waals surface area contributed by atoms with Crippen LogP contribution in [0, 0.1) is 0 Å². The van der Waals surface area contributed by atoms with Crippen LogP contribution >= 0.6 is 0 Å². The number of anilines is 1. The molecule has 20 heavy (non-hydrogen) atoms. The molecule has 0 atom stereocenters. The molecule has 0 saturated heterocycles. The highest BCUT2D eigenvalue weighted by Crippen LogP contribution is 2.31. The Hall–Kier alpha value is -1.16. The second kappa shape index (κ2) is 8.20. The first kappa shape index (κ1) is 16.9. The number of aromatic nitrogens is 2. The minimum Gasteiger partial charge on any atom is -0.370 e. The molecular formula is C16H29N3O. The maximum absolute atomic E-state index is 6.02. The normalized spacial score (nSPS) is 11.7. The van der Waals surface area contributed by atoms with Gasteiger partial charge in [-0.15, -0.1) is 0 Å². The average molecular weight is 279 g/mol. The van der Waals surface area contributed by atoms with Gasteiger partial charge in [-0.3, -0.25) is 0 Å². The summed E-state index contributed by atoms with van der Waals surface area (Å²) >= 11 is 0. The summed E-state index contributed by atoms with van der Waals surface area (Å²) in [6, 6.07) is 2.04. The molecule has 4 nitrogen and oxygen atoms in total. The van der Waals surface area contributed by atoms with E-state index in [1.165, 1.54) is 0 Å². The third-order valence-electron chi connectivity index (χ3n) is 3.67. The van der Waals surface area contributed by atoms with Crippen LogP contribution in [-0.4, -0.2) is 23.1 Å². The van der Waals surface area contributed by atoms with Gasteiger partial charge in [-0.1, -0.05) is 27.7 Å². The summed E-state index contributed by atoms with van der Waals surface area (Å²) in [7, 11) is 0. The fourth-order valence-corrected chi connectivity index (χ4v) is 2.34. The Morgan fingerprint density at radius 2 is 1.80 bits per heavy atom. The quantitative estimate of drug-likeness (QED) is 0.744. The molecule has 0 aliphatic carbocycles. The molecule has 0 unspecified atom stereocenters. The third kappa shape index (κ3) is 3.92. The molecule has 4 heteroatoms. The Bertz CT molecular complexity index is 403. The summed E-state index contributed by atoms with van der Waals surface area (Å²) in [4.78, 5) is 9.42. The van der Waals surface area contributed by atoms with Gasteiger partial charge in [0.05, 0.1) is 0 Å². The van der Waals surface area contributed by atoms with Crippen molar-refractivity contribution in [2.24, 2.45) is 0 Å². The van der Waals surface area contributed by atoms with E-state index in [4.69, 9.17) is 14.7 Å². The highest BCUT2D eigenvalue weighted by atomic mass is 16.5. The van der Waals surface area contributed by atoms with Gasteiger partial charge in [-0.05, 0) is 32.6 Å². The number of rotatable bonds is 9. The zero-order chi connectivity index (χ0) is 15.0. The van der Waals surface area contributed by atoms with Crippen LogP contribution in [0.5, 0.6) is 0 Å². The van der Waals surface area contributed by atoms with Crippen LogP contribution < -0.4 is 5.32 Å². The topological polar surface area (TPSA) is 47.0 Å². The highest BCUT2D eigenvalue weighted by molar-refractivity contribution is 5.37. The SMILES string of the molecule is CCCNc1cc(CC)nc(C(CC)(CC)OCC)n1. The van der Waals surface area contributed by atoms with Crippen molar-refractivity contribution in [1.82, 2.24) is 9.97 Å². The van der Waals surface area contributed by atoms with E-state index in [9.17, 15) is 0 Å². The molecule has 0 saturated carbocycles. The molecular weight excluding hydrogens is 250 g/mol. The minimum absolute atomic E-state index is 0.359. The molecule has 1 rings (SSSR count). The zero-order valence-corrected chi connectivity index (χ0v) is 13.6. The Morgan fingerprint density at radius 1 is 1.10 bits per heavy atom. The molecule has 1 heterocycles. The van der Waals surface area contributed by atoms with Crippen LogP contribution in [0.1, 0.15) is 65.4 Å². The van der Waals surface area contributed by atoms with E-state index < -0.39 is 0 Å². The van der Waals surface area contributed by atoms with Crippen molar-refractivity contribution in [1.29, 1.82) is 0 Å². The van der Waals surface area contributed by atoms with Crippen molar-refractivity contribution in [3.8, 4) is 0 Å². The van der Waals surface area contributed by atoms with E-state index >= 15 is 0 Å². The number of ether oxygens (including phenoxy) is 1. The van der Waals surface area contributed by atoms with Crippen LogP contribution in [0.15, 0.2) is 6.07 Å². The molecule has 0 aliphatic heterocycles. The molecule has 0 radical (unpaired) electrons. The van der Waals surface area contributed by atoms with Crippen molar-refractivity contribution in [3.05, 3.63) is 17.6 Å². The molecule has 0 aromatic carbocycles. The molecule has 1 N–H and O–H groups in total. The fraction of sp³-hybridized carbons (Fsp3) is 0.750. The monoisotopic (exact) mass is 279 g/mol. The van der Waals surface area contributed by atoms with Gasteiger partial charge in [0.25, 0.3) is 0 Å². The lowest BCUT2D eigenvalue weighted by Crippen LogP contribution is -2.31. The Labute approximate surface area is 123 Å². The summed E-state index contributed by atoms with van der Waals surface area (Å²) in [6.07, 6.45) is 3.76. The lowest BCUT2D eigenvalue weighted by molar-refractivity contribution is -0.0571. The van der Waals surface area contributed by atoms with E-state index in [1.807, 2.05) is 13.0 Å². The summed E-state index contributed by atoms with van der Waals surface area (Å²) in [5.41, 5.74) is 0.710. The lowest BCUT2D eigenvalue weighted by atomic mass is 9.95. The second-order valence-electron chi connectivity index (χ2n) is 4.98. The average Bonchev–Trinajstić information content (AvgIpc) is 2.50. The van der Waals surface area contributed by atoms with Gasteiger partial charge in [-0.25, -0.2) is 9.97 Å². The van der Waals surface area contributed by atoms with Gasteiger partial charge < -0.3 is 10.1 Å². The van der Waals surface area contributed by atoms with E-state index in [1.54, 1.807) is 0 Å². The van der Waals surface area contributed by atoms with Crippen LogP contribution in [0.4, 0.5) is 5.82 Å². The van der Waals surface area contributed by atoms with Crippen LogP contribution in [0.25, 0.3) is 0 Å². The molecule has 1 aromatic rings. The van der Waals surface area contributed by atoms with E-state index in [2.05, 4.69) is 33.0 Å². The summed E-state index contributed by atoms with van der Waals surface area (Å²) < 4.78 is 6.02. The molecule has 0 spiro atoms. The van der Waals surface area contributed by atoms with Crippen molar-refractivity contribution in [3.63, 3.8) is 0 Å². The predicted octanol–water partition coefficient (Wildman–Crippen LogP) is 3.91. The first-order valence-electron chi connectivity index (χ1n) is 7.91. The fourth-order valence-electron chi connectivity index (χ4n) is 2.34. The number of aryl methyl sites for hydroxylation is 1. The van der Waals surface area contributed by atoms with Crippen LogP contribution in [0.2, 0.25) is 0 Å². The van der Waals surface area contributed by atoms with Crippen molar-refractivity contribution >= 4 is 5.82 Å². The largest absolute Gasteiger partial charge is 0.370 e. The predicted molar refractivity (Wildman–Crippen MR) is 84.1 cm³/mol. The first-order valence-corrected chi connectivity index (χ1v) is 7.91. The minimum atomic E-state index is -0.359. The van der Waals surface area contributed by atoms with Crippen LogP contribution in [0.3, 0.4) is 0 Å². The maximum atomic E-state index is 6.02. The second-order valence-corrected chi connectivity index (χ2v) is 4.98. The molecule has 114 valence electrons. The third-order valence-corrected chi connectivity index (χ3v) is 3.67. The molecule has 0 bridgehead atoms. The summed E-state index contributed by atoms with van der Waals surface area (Å²) in [6.45, 7) is 12.2. The van der Waals surface area contributed by atoms with Gasteiger partial charge in [0, 0.05) is 24.9 Å². The van der Waals surface area contributed by atoms with Crippen LogP contribution in [-0.2, 0) is 16.8 Å². The number of nitrogens with zero attached hydrogens (tertiary/aromatic N) is 2. The van der Waals surface area contributed by atoms with Crippen molar-refractivity contribution < 1.29 is 4.74 Å². The van der Waals surface area contributed by atoms with Gasteiger partial charge in [0.1, 0.15) is 11.4 Å². The van der Waals surface area contributed by atoms with Gasteiger partial charge in [-0.2, -0.15) is 0 Å². The van der Waals surface area contributed by atoms with Gasteiger partial charge in [0.2, 0.25) is 0 Å². The molecule has 1 aromatic heterocycles. The number of nitrogens with one attached hydrogen (secondary N) is 1. The van der Waals surface area contributed by atoms with E-state index in [-0.39, 0.29) is 5.60 Å². The molecule has 0 amide bonds. The standard InChI is InChI=1S/C16H29N3O/c1-6-11-17-14-12-13(7-2)18-15(19-14)16(8-3,9-4)20-10-5/h12H,6-11H2,1-5H3,(H,17,18,19). The Kier molecular flexibility index (Phi) is 6.93. The molecule has 0 aliphatic rings. The zero-order valence-electron chi connectivity index (χ0n) is 13.6.